The van der Waals surface area contributed by atoms with Gasteiger partial charge in [-0.25, -0.2) is 4.79 Å². The van der Waals surface area contributed by atoms with Crippen LogP contribution in [0.5, 0.6) is 0 Å². The third kappa shape index (κ3) is 3.42. The maximum atomic E-state index is 11.8. The number of hydrogen-bond donors (Lipinski definition) is 1. The summed E-state index contributed by atoms with van der Waals surface area (Å²) in [4.78, 5) is 27.3. The Hall–Kier alpha value is -3.41. The van der Waals surface area contributed by atoms with Gasteiger partial charge in [0.2, 0.25) is 0 Å². The number of pyridine rings is 1. The van der Waals surface area contributed by atoms with E-state index in [0.29, 0.717) is 22.5 Å². The predicted octanol–water partition coefficient (Wildman–Crippen LogP) is 2.44. The van der Waals surface area contributed by atoms with Crippen molar-refractivity contribution in [2.24, 2.45) is 0 Å². The lowest BCUT2D eigenvalue weighted by Gasteiger charge is -2.13. The monoisotopic (exact) mass is 335 g/mol. The van der Waals surface area contributed by atoms with Crippen molar-refractivity contribution in [3.63, 3.8) is 0 Å². The molecule has 0 saturated heterocycles. The summed E-state index contributed by atoms with van der Waals surface area (Å²) in [5.41, 5.74) is 3.30. The van der Waals surface area contributed by atoms with Gasteiger partial charge in [0.05, 0.1) is 24.2 Å². The summed E-state index contributed by atoms with van der Waals surface area (Å²) < 4.78 is 4.76. The molecule has 126 valence electrons. The molecule has 0 radical (unpaired) electrons. The number of hydrogen-bond acceptors (Lipinski definition) is 6. The molecule has 0 aliphatic heterocycles. The average molecular weight is 335 g/mol. The van der Waals surface area contributed by atoms with Crippen molar-refractivity contribution in [2.75, 3.05) is 12.4 Å². The van der Waals surface area contributed by atoms with E-state index in [4.69, 9.17) is 4.74 Å². The number of anilines is 2. The predicted molar refractivity (Wildman–Crippen MR) is 91.9 cm³/mol. The fourth-order valence-corrected chi connectivity index (χ4v) is 2.59. The van der Waals surface area contributed by atoms with Crippen molar-refractivity contribution >= 4 is 34.2 Å². The number of rotatable bonds is 4. The first-order valence-electron chi connectivity index (χ1n) is 7.56. The van der Waals surface area contributed by atoms with Crippen LogP contribution in [0, 0.1) is 6.92 Å². The molecular weight excluding hydrogens is 320 g/mol. The van der Waals surface area contributed by atoms with E-state index in [2.05, 4.69) is 10.3 Å². The average Bonchev–Trinajstić information content (AvgIpc) is 2.60. The van der Waals surface area contributed by atoms with Gasteiger partial charge in [-0.15, -0.1) is 0 Å². The minimum absolute atomic E-state index is 0.0790. The van der Waals surface area contributed by atoms with Gasteiger partial charge in [0.15, 0.2) is 0 Å². The number of nitrogens with zero attached hydrogens (tertiary/aromatic N) is 1. The molecule has 0 unspecified atom stereocenters. The molecule has 6 nitrogen and oxygen atoms in total. The fraction of sp³-hybridized carbons (Fsp3) is 0.105. The van der Waals surface area contributed by atoms with E-state index in [1.165, 1.54) is 19.2 Å². The lowest BCUT2D eigenvalue weighted by atomic mass is 10.1. The van der Waals surface area contributed by atoms with E-state index < -0.39 is 11.9 Å². The molecule has 0 atom stereocenters. The SMILES string of the molecule is COC(=O)c1ccc2nc(C)cc(Nc3cccc(C(=O)[O-])c3)c2c1. The third-order valence-electron chi connectivity index (χ3n) is 3.74. The molecule has 0 aliphatic carbocycles. The van der Waals surface area contributed by atoms with Gasteiger partial charge in [-0.2, -0.15) is 0 Å². The Morgan fingerprint density at radius 3 is 2.60 bits per heavy atom. The van der Waals surface area contributed by atoms with Crippen LogP contribution in [0.3, 0.4) is 0 Å². The molecule has 1 aromatic heterocycles. The Kier molecular flexibility index (Phi) is 4.35. The van der Waals surface area contributed by atoms with Gasteiger partial charge in [0, 0.05) is 22.5 Å². The first-order valence-corrected chi connectivity index (χ1v) is 7.56. The number of carbonyl (C=O) groups excluding carboxylic acids is 2. The van der Waals surface area contributed by atoms with E-state index in [-0.39, 0.29) is 5.56 Å². The number of nitrogens with one attached hydrogen (secondary N) is 1. The van der Waals surface area contributed by atoms with Crippen molar-refractivity contribution in [1.29, 1.82) is 0 Å². The minimum atomic E-state index is -1.24. The molecule has 1 heterocycles. The van der Waals surface area contributed by atoms with Crippen LogP contribution < -0.4 is 10.4 Å². The van der Waals surface area contributed by atoms with Crippen molar-refractivity contribution < 1.29 is 19.4 Å². The van der Waals surface area contributed by atoms with E-state index in [9.17, 15) is 14.7 Å². The normalized spacial score (nSPS) is 10.5. The Morgan fingerprint density at radius 2 is 1.88 bits per heavy atom. The van der Waals surface area contributed by atoms with Crippen LogP contribution >= 0.6 is 0 Å². The largest absolute Gasteiger partial charge is 0.545 e. The molecule has 6 heteroatoms. The van der Waals surface area contributed by atoms with Gasteiger partial charge in [-0.05, 0) is 48.9 Å². The highest BCUT2D eigenvalue weighted by atomic mass is 16.5. The summed E-state index contributed by atoms with van der Waals surface area (Å²) in [6.45, 7) is 1.86. The number of ether oxygens (including phenoxy) is 1. The van der Waals surface area contributed by atoms with Gasteiger partial charge in [0.1, 0.15) is 0 Å². The molecule has 0 aliphatic rings. The zero-order valence-corrected chi connectivity index (χ0v) is 13.7. The zero-order chi connectivity index (χ0) is 18.0. The Balaban J connectivity index is 2.09. The number of fused-ring (bicyclic) bond motifs is 1. The zero-order valence-electron chi connectivity index (χ0n) is 13.7. The summed E-state index contributed by atoms with van der Waals surface area (Å²) in [6, 6.07) is 13.3. The van der Waals surface area contributed by atoms with E-state index in [1.807, 2.05) is 13.0 Å². The molecule has 0 saturated carbocycles. The molecule has 0 bridgehead atoms. The van der Waals surface area contributed by atoms with E-state index >= 15 is 0 Å². The number of methoxy groups -OCH3 is 1. The Bertz CT molecular complexity index is 982. The van der Waals surface area contributed by atoms with Gasteiger partial charge >= 0.3 is 5.97 Å². The lowest BCUT2D eigenvalue weighted by Crippen LogP contribution is -2.22. The molecule has 2 aromatic carbocycles. The number of carboxylic acid groups (broad SMARTS) is 1. The van der Waals surface area contributed by atoms with Gasteiger partial charge in [-0.3, -0.25) is 4.98 Å². The standard InChI is InChI=1S/C19H16N2O4/c1-11-8-17(21-14-5-3-4-12(9-14)18(22)23)15-10-13(19(24)25-2)6-7-16(15)20-11/h3-10H,1-2H3,(H,20,21)(H,22,23)/p-1. The van der Waals surface area contributed by atoms with Gasteiger partial charge in [0.25, 0.3) is 0 Å². The summed E-state index contributed by atoms with van der Waals surface area (Å²) >= 11 is 0. The van der Waals surface area contributed by atoms with E-state index in [0.717, 1.165) is 11.1 Å². The fourth-order valence-electron chi connectivity index (χ4n) is 2.59. The van der Waals surface area contributed by atoms with Crippen LogP contribution in [-0.4, -0.2) is 24.0 Å². The summed E-state index contributed by atoms with van der Waals surface area (Å²) in [5.74, 6) is -1.68. The highest BCUT2D eigenvalue weighted by molar-refractivity contribution is 6.00. The molecule has 3 aromatic rings. The molecule has 0 spiro atoms. The van der Waals surface area contributed by atoms with Crippen molar-refractivity contribution in [3.8, 4) is 0 Å². The Labute approximate surface area is 144 Å². The number of aromatic nitrogens is 1. The van der Waals surface area contributed by atoms with Crippen LogP contribution in [0.15, 0.2) is 48.5 Å². The van der Waals surface area contributed by atoms with Crippen LogP contribution in [0.4, 0.5) is 11.4 Å². The highest BCUT2D eigenvalue weighted by Crippen LogP contribution is 2.28. The van der Waals surface area contributed by atoms with Crippen molar-refractivity contribution in [2.45, 2.75) is 6.92 Å². The van der Waals surface area contributed by atoms with E-state index in [1.54, 1.807) is 30.3 Å². The minimum Gasteiger partial charge on any atom is -0.545 e. The van der Waals surface area contributed by atoms with Crippen molar-refractivity contribution in [3.05, 3.63) is 65.4 Å². The molecule has 0 fully saturated rings. The summed E-state index contributed by atoms with van der Waals surface area (Å²) in [7, 11) is 1.32. The number of benzene rings is 2. The van der Waals surface area contributed by atoms with Crippen LogP contribution in [-0.2, 0) is 4.74 Å². The van der Waals surface area contributed by atoms with Crippen LogP contribution in [0.25, 0.3) is 10.9 Å². The summed E-state index contributed by atoms with van der Waals surface area (Å²) in [6.07, 6.45) is 0. The number of aromatic carboxylic acids is 1. The molecule has 3 rings (SSSR count). The quantitative estimate of drug-likeness (QED) is 0.736. The van der Waals surface area contributed by atoms with Crippen molar-refractivity contribution in [1.82, 2.24) is 4.98 Å². The summed E-state index contributed by atoms with van der Waals surface area (Å²) in [5, 5.41) is 14.9. The van der Waals surface area contributed by atoms with Gasteiger partial charge in [-0.1, -0.05) is 12.1 Å². The smallest absolute Gasteiger partial charge is 0.337 e. The lowest BCUT2D eigenvalue weighted by molar-refractivity contribution is -0.255. The number of carboxylic acids is 1. The molecular formula is C19H15N2O4-. The second kappa shape index (κ2) is 6.60. The Morgan fingerprint density at radius 1 is 1.08 bits per heavy atom. The second-order valence-electron chi connectivity index (χ2n) is 5.53. The molecule has 1 N–H and O–H groups in total. The van der Waals surface area contributed by atoms with Gasteiger partial charge < -0.3 is 20.0 Å². The number of esters is 1. The first kappa shape index (κ1) is 16.4. The molecule has 25 heavy (non-hydrogen) atoms. The topological polar surface area (TPSA) is 91.3 Å². The third-order valence-corrected chi connectivity index (χ3v) is 3.74. The maximum Gasteiger partial charge on any atom is 0.337 e. The van der Waals surface area contributed by atoms with Crippen LogP contribution in [0.2, 0.25) is 0 Å². The first-order chi connectivity index (χ1) is 12.0. The second-order valence-corrected chi connectivity index (χ2v) is 5.53. The highest BCUT2D eigenvalue weighted by Gasteiger charge is 2.10. The molecule has 0 amide bonds. The number of aryl methyl sites for hydroxylation is 1. The van der Waals surface area contributed by atoms with Crippen LogP contribution in [0.1, 0.15) is 26.4 Å². The maximum absolute atomic E-state index is 11.8. The number of carbonyl (C=O) groups is 2.